The average molecular weight is 386 g/mol. The molecular weight excluding hydrogens is 346 g/mol. The number of hydrogen-bond acceptors (Lipinski definition) is 4. The van der Waals surface area contributed by atoms with Crippen molar-refractivity contribution in [1.82, 2.24) is 10.2 Å². The van der Waals surface area contributed by atoms with E-state index in [1.807, 2.05) is 7.05 Å². The summed E-state index contributed by atoms with van der Waals surface area (Å²) in [6, 6.07) is 6.92. The van der Waals surface area contributed by atoms with Crippen LogP contribution in [0.25, 0.3) is 5.57 Å². The molecule has 1 fully saturated rings. The van der Waals surface area contributed by atoms with E-state index in [2.05, 4.69) is 67.5 Å². The van der Waals surface area contributed by atoms with Crippen LogP contribution in [0.3, 0.4) is 0 Å². The van der Waals surface area contributed by atoms with E-state index in [1.165, 1.54) is 28.8 Å². The minimum Gasteiger partial charge on any atom is -0.388 e. The van der Waals surface area contributed by atoms with Crippen molar-refractivity contribution in [3.8, 4) is 0 Å². The second-order valence-corrected chi connectivity index (χ2v) is 9.61. The monoisotopic (exact) mass is 385 g/mol. The molecule has 0 atom stereocenters. The van der Waals surface area contributed by atoms with Crippen LogP contribution in [0, 0.1) is 5.41 Å². The summed E-state index contributed by atoms with van der Waals surface area (Å²) >= 11 is 0. The predicted octanol–water partition coefficient (Wildman–Crippen LogP) is 4.48. The first-order chi connectivity index (χ1) is 13.3. The van der Waals surface area contributed by atoms with E-state index < -0.39 is 0 Å². The number of hydrogen-bond donors (Lipinski definition) is 2. The zero-order valence-corrected chi connectivity index (χ0v) is 18.5. The van der Waals surface area contributed by atoms with Crippen LogP contribution in [0.2, 0.25) is 0 Å². The van der Waals surface area contributed by atoms with Crippen molar-refractivity contribution in [2.75, 3.05) is 51.8 Å². The number of ether oxygens (including phenoxy) is 1. The molecule has 28 heavy (non-hydrogen) atoms. The molecule has 1 aromatic carbocycles. The van der Waals surface area contributed by atoms with E-state index in [9.17, 15) is 0 Å². The van der Waals surface area contributed by atoms with Gasteiger partial charge in [-0.05, 0) is 61.8 Å². The number of rotatable bonds is 7. The largest absolute Gasteiger partial charge is 0.388 e. The normalized spacial score (nSPS) is 20.7. The van der Waals surface area contributed by atoms with Crippen LogP contribution in [-0.4, -0.2) is 51.3 Å². The van der Waals surface area contributed by atoms with Crippen molar-refractivity contribution in [1.29, 1.82) is 0 Å². The number of nitrogens with zero attached hydrogens (tertiary/aromatic N) is 1. The van der Waals surface area contributed by atoms with Gasteiger partial charge in [0.15, 0.2) is 0 Å². The van der Waals surface area contributed by atoms with Crippen LogP contribution in [0.4, 0.5) is 5.69 Å². The molecule has 2 N–H and O–H groups in total. The SMILES string of the molecule is CNc1ccc(C(C)(C)NCCN2CCOCC2)cc1C1=CCC(C)(C)CC1. The first-order valence-electron chi connectivity index (χ1n) is 10.9. The van der Waals surface area contributed by atoms with E-state index in [1.54, 1.807) is 0 Å². The van der Waals surface area contributed by atoms with Gasteiger partial charge in [-0.2, -0.15) is 0 Å². The fourth-order valence-corrected chi connectivity index (χ4v) is 4.19. The van der Waals surface area contributed by atoms with E-state index in [4.69, 9.17) is 4.74 Å². The first-order valence-corrected chi connectivity index (χ1v) is 10.9. The molecule has 0 amide bonds. The van der Waals surface area contributed by atoms with E-state index >= 15 is 0 Å². The maximum atomic E-state index is 5.45. The van der Waals surface area contributed by atoms with Gasteiger partial charge in [-0.15, -0.1) is 0 Å². The zero-order chi connectivity index (χ0) is 20.2. The van der Waals surface area contributed by atoms with E-state index in [-0.39, 0.29) is 5.54 Å². The van der Waals surface area contributed by atoms with Crippen LogP contribution in [0.5, 0.6) is 0 Å². The number of allylic oxidation sites excluding steroid dienone is 2. The topological polar surface area (TPSA) is 36.5 Å². The van der Waals surface area contributed by atoms with Crippen molar-refractivity contribution in [3.05, 3.63) is 35.4 Å². The quantitative estimate of drug-likeness (QED) is 0.726. The minimum absolute atomic E-state index is 0.0538. The highest BCUT2D eigenvalue weighted by Crippen LogP contribution is 2.40. The standard InChI is InChI=1S/C24H39N3O/c1-23(2)10-8-19(9-11-23)21-18-20(6-7-22(21)25-5)24(3,4)26-12-13-27-14-16-28-17-15-27/h6-8,18,25-26H,9-17H2,1-5H3. The number of nitrogens with one attached hydrogen (secondary N) is 2. The summed E-state index contributed by atoms with van der Waals surface area (Å²) in [5.41, 5.74) is 5.84. The van der Waals surface area contributed by atoms with Crippen molar-refractivity contribution in [2.45, 2.75) is 52.5 Å². The highest BCUT2D eigenvalue weighted by Gasteiger charge is 2.25. The fraction of sp³-hybridized carbons (Fsp3) is 0.667. The third-order valence-electron chi connectivity index (χ3n) is 6.43. The Morgan fingerprint density at radius 3 is 2.57 bits per heavy atom. The molecule has 1 aliphatic heterocycles. The Morgan fingerprint density at radius 1 is 1.18 bits per heavy atom. The maximum Gasteiger partial charge on any atom is 0.0594 e. The molecule has 4 heteroatoms. The van der Waals surface area contributed by atoms with Crippen LogP contribution in [-0.2, 0) is 10.3 Å². The third kappa shape index (κ3) is 5.37. The van der Waals surface area contributed by atoms with Gasteiger partial charge in [-0.1, -0.05) is 26.0 Å². The third-order valence-corrected chi connectivity index (χ3v) is 6.43. The van der Waals surface area contributed by atoms with Gasteiger partial charge in [0.05, 0.1) is 13.2 Å². The fourth-order valence-electron chi connectivity index (χ4n) is 4.19. The summed E-state index contributed by atoms with van der Waals surface area (Å²) in [7, 11) is 2.03. The van der Waals surface area contributed by atoms with Gasteiger partial charge in [0, 0.05) is 50.0 Å². The molecule has 1 aromatic rings. The molecule has 0 radical (unpaired) electrons. The summed E-state index contributed by atoms with van der Waals surface area (Å²) in [4.78, 5) is 2.48. The molecule has 1 saturated heterocycles. The van der Waals surface area contributed by atoms with Gasteiger partial charge in [0.2, 0.25) is 0 Å². The van der Waals surface area contributed by atoms with Crippen molar-refractivity contribution in [2.24, 2.45) is 5.41 Å². The summed E-state index contributed by atoms with van der Waals surface area (Å²) < 4.78 is 5.45. The van der Waals surface area contributed by atoms with Crippen LogP contribution in [0.15, 0.2) is 24.3 Å². The lowest BCUT2D eigenvalue weighted by atomic mass is 9.76. The summed E-state index contributed by atoms with van der Waals surface area (Å²) in [6.45, 7) is 15.2. The molecule has 156 valence electrons. The average Bonchev–Trinajstić information content (AvgIpc) is 2.68. The Bertz CT molecular complexity index is 687. The summed E-state index contributed by atoms with van der Waals surface area (Å²) in [5, 5.41) is 7.18. The van der Waals surface area contributed by atoms with Crippen LogP contribution < -0.4 is 10.6 Å². The Kier molecular flexibility index (Phi) is 6.85. The van der Waals surface area contributed by atoms with Gasteiger partial charge >= 0.3 is 0 Å². The smallest absolute Gasteiger partial charge is 0.0594 e. The molecule has 3 rings (SSSR count). The zero-order valence-electron chi connectivity index (χ0n) is 18.5. The first kappa shape index (κ1) is 21.4. The Hall–Kier alpha value is -1.36. The predicted molar refractivity (Wildman–Crippen MR) is 120 cm³/mol. The van der Waals surface area contributed by atoms with Crippen molar-refractivity contribution < 1.29 is 4.74 Å². The molecule has 0 saturated carbocycles. The Labute approximate surface area is 171 Å². The van der Waals surface area contributed by atoms with E-state index in [0.29, 0.717) is 5.41 Å². The molecule has 4 nitrogen and oxygen atoms in total. The molecule has 1 aliphatic carbocycles. The Balaban J connectivity index is 1.71. The second kappa shape index (κ2) is 8.98. The maximum absolute atomic E-state index is 5.45. The Morgan fingerprint density at radius 2 is 1.93 bits per heavy atom. The van der Waals surface area contributed by atoms with Gasteiger partial charge in [0.25, 0.3) is 0 Å². The molecule has 0 spiro atoms. The highest BCUT2D eigenvalue weighted by molar-refractivity contribution is 5.77. The lowest BCUT2D eigenvalue weighted by Gasteiger charge is -2.32. The molecule has 0 bridgehead atoms. The molecular formula is C24H39N3O. The van der Waals surface area contributed by atoms with Crippen molar-refractivity contribution >= 4 is 11.3 Å². The van der Waals surface area contributed by atoms with Crippen molar-refractivity contribution in [3.63, 3.8) is 0 Å². The van der Waals surface area contributed by atoms with Gasteiger partial charge in [0.1, 0.15) is 0 Å². The number of anilines is 1. The summed E-state index contributed by atoms with van der Waals surface area (Å²) in [5.74, 6) is 0. The van der Waals surface area contributed by atoms with Crippen LogP contribution >= 0.6 is 0 Å². The molecule has 1 heterocycles. The number of morpholine rings is 1. The minimum atomic E-state index is -0.0538. The molecule has 0 unspecified atom stereocenters. The molecule has 2 aliphatic rings. The highest BCUT2D eigenvalue weighted by atomic mass is 16.5. The van der Waals surface area contributed by atoms with E-state index in [0.717, 1.165) is 52.2 Å². The molecule has 0 aromatic heterocycles. The van der Waals surface area contributed by atoms with Gasteiger partial charge < -0.3 is 15.4 Å². The lowest BCUT2D eigenvalue weighted by molar-refractivity contribution is 0.0376. The number of benzene rings is 1. The van der Waals surface area contributed by atoms with Crippen LogP contribution in [0.1, 0.15) is 58.1 Å². The second-order valence-electron chi connectivity index (χ2n) is 9.61. The van der Waals surface area contributed by atoms with Gasteiger partial charge in [-0.3, -0.25) is 4.90 Å². The summed E-state index contributed by atoms with van der Waals surface area (Å²) in [6.07, 6.45) is 6.04. The van der Waals surface area contributed by atoms with Gasteiger partial charge in [-0.25, -0.2) is 0 Å². The lowest BCUT2D eigenvalue weighted by Crippen LogP contribution is -2.44.